The summed E-state index contributed by atoms with van der Waals surface area (Å²) in [6, 6.07) is 8.90. The van der Waals surface area contributed by atoms with Gasteiger partial charge in [0, 0.05) is 24.5 Å². The molecular weight excluding hydrogens is 322 g/mol. The molecule has 2 N–H and O–H groups in total. The van der Waals surface area contributed by atoms with Crippen LogP contribution in [0.25, 0.3) is 0 Å². The van der Waals surface area contributed by atoms with Crippen molar-refractivity contribution in [2.75, 3.05) is 0 Å². The molecule has 1 heterocycles. The summed E-state index contributed by atoms with van der Waals surface area (Å²) in [4.78, 5) is 12.2. The van der Waals surface area contributed by atoms with Crippen LogP contribution in [0.5, 0.6) is 0 Å². The van der Waals surface area contributed by atoms with Gasteiger partial charge in [0.05, 0.1) is 6.54 Å². The summed E-state index contributed by atoms with van der Waals surface area (Å²) in [7, 11) is 0. The first-order valence-electron chi connectivity index (χ1n) is 9.78. The molecule has 4 nitrogen and oxygen atoms in total. The molecule has 0 radical (unpaired) electrons. The molecule has 2 aromatic rings. The lowest BCUT2D eigenvalue weighted by Gasteiger charge is -2.23. The highest BCUT2D eigenvalue weighted by Crippen LogP contribution is 2.19. The van der Waals surface area contributed by atoms with Crippen LogP contribution in [0.4, 0.5) is 4.79 Å². The van der Waals surface area contributed by atoms with E-state index in [1.54, 1.807) is 0 Å². The van der Waals surface area contributed by atoms with Crippen molar-refractivity contribution in [1.82, 2.24) is 15.2 Å². The first-order chi connectivity index (χ1) is 12.5. The lowest BCUT2D eigenvalue weighted by atomic mass is 9.96. The summed E-state index contributed by atoms with van der Waals surface area (Å²) in [5.74, 6) is 0. The number of benzene rings is 1. The predicted octanol–water partition coefficient (Wildman–Crippen LogP) is 4.59. The number of carbonyl (C=O) groups excluding carboxylic acids is 1. The molecule has 1 aliphatic rings. The van der Waals surface area contributed by atoms with Crippen LogP contribution in [-0.4, -0.2) is 16.6 Å². The van der Waals surface area contributed by atoms with E-state index in [-0.39, 0.29) is 6.03 Å². The van der Waals surface area contributed by atoms with Crippen LogP contribution in [0.2, 0.25) is 0 Å². The van der Waals surface area contributed by atoms with Crippen molar-refractivity contribution in [3.05, 3.63) is 58.4 Å². The van der Waals surface area contributed by atoms with E-state index in [4.69, 9.17) is 0 Å². The van der Waals surface area contributed by atoms with Gasteiger partial charge < -0.3 is 15.2 Å². The van der Waals surface area contributed by atoms with Crippen molar-refractivity contribution in [3.63, 3.8) is 0 Å². The normalized spacial score (nSPS) is 15.0. The number of nitrogens with zero attached hydrogens (tertiary/aromatic N) is 1. The Bertz CT molecular complexity index is 733. The first kappa shape index (κ1) is 18.6. The lowest BCUT2D eigenvalue weighted by Crippen LogP contribution is -2.42. The quantitative estimate of drug-likeness (QED) is 0.811. The maximum atomic E-state index is 12.2. The monoisotopic (exact) mass is 353 g/mol. The van der Waals surface area contributed by atoms with E-state index in [0.717, 1.165) is 25.1 Å². The molecule has 0 saturated heterocycles. The Kier molecular flexibility index (Phi) is 6.02. The third kappa shape index (κ3) is 4.69. The van der Waals surface area contributed by atoms with Gasteiger partial charge in [-0.2, -0.15) is 0 Å². The summed E-state index contributed by atoms with van der Waals surface area (Å²) in [5.41, 5.74) is 6.44. The van der Waals surface area contributed by atoms with Gasteiger partial charge in [-0.3, -0.25) is 0 Å². The molecule has 26 heavy (non-hydrogen) atoms. The Morgan fingerprint density at radius 3 is 2.50 bits per heavy atom. The van der Waals surface area contributed by atoms with Crippen LogP contribution >= 0.6 is 0 Å². The zero-order valence-corrected chi connectivity index (χ0v) is 16.3. The Morgan fingerprint density at radius 1 is 1.12 bits per heavy atom. The van der Waals surface area contributed by atoms with Gasteiger partial charge in [0.25, 0.3) is 0 Å². The van der Waals surface area contributed by atoms with Crippen LogP contribution in [0.3, 0.4) is 0 Å². The number of carbonyl (C=O) groups is 1. The summed E-state index contributed by atoms with van der Waals surface area (Å²) in [6.07, 6.45) is 8.05. The Hall–Kier alpha value is -2.23. The SMILES string of the molecule is Cc1cc(C)c(Cn2cccc2CNC(=O)NC2CCCCC2)c(C)c1. The number of amides is 2. The summed E-state index contributed by atoms with van der Waals surface area (Å²) in [6.45, 7) is 7.88. The number of hydrogen-bond donors (Lipinski definition) is 2. The van der Waals surface area contributed by atoms with E-state index >= 15 is 0 Å². The van der Waals surface area contributed by atoms with E-state index in [2.05, 4.69) is 66.4 Å². The third-order valence-electron chi connectivity index (χ3n) is 5.46. The minimum Gasteiger partial charge on any atom is -0.345 e. The molecule has 0 aliphatic heterocycles. The van der Waals surface area contributed by atoms with Crippen molar-refractivity contribution in [2.45, 2.75) is 72.0 Å². The molecule has 0 spiro atoms. The van der Waals surface area contributed by atoms with Gasteiger partial charge >= 0.3 is 6.03 Å². The zero-order valence-electron chi connectivity index (χ0n) is 16.3. The topological polar surface area (TPSA) is 46.1 Å². The maximum absolute atomic E-state index is 12.2. The molecule has 0 atom stereocenters. The second-order valence-corrected chi connectivity index (χ2v) is 7.67. The average molecular weight is 354 g/mol. The first-order valence-corrected chi connectivity index (χ1v) is 9.78. The highest BCUT2D eigenvalue weighted by Gasteiger charge is 2.15. The molecule has 2 amide bonds. The number of rotatable bonds is 5. The highest BCUT2D eigenvalue weighted by molar-refractivity contribution is 5.74. The molecule has 4 heteroatoms. The Labute approximate surface area is 157 Å². The van der Waals surface area contributed by atoms with E-state index in [9.17, 15) is 4.79 Å². The molecule has 0 bridgehead atoms. The number of aromatic nitrogens is 1. The smallest absolute Gasteiger partial charge is 0.315 e. The van der Waals surface area contributed by atoms with Crippen molar-refractivity contribution < 1.29 is 4.79 Å². The largest absolute Gasteiger partial charge is 0.345 e. The van der Waals surface area contributed by atoms with E-state index in [0.29, 0.717) is 12.6 Å². The summed E-state index contributed by atoms with van der Waals surface area (Å²) < 4.78 is 2.23. The van der Waals surface area contributed by atoms with Gasteiger partial charge in [0.1, 0.15) is 0 Å². The van der Waals surface area contributed by atoms with Crippen LogP contribution < -0.4 is 10.6 Å². The van der Waals surface area contributed by atoms with Crippen molar-refractivity contribution in [3.8, 4) is 0 Å². The Balaban J connectivity index is 1.59. The van der Waals surface area contributed by atoms with Gasteiger partial charge in [-0.25, -0.2) is 4.79 Å². The number of aryl methyl sites for hydroxylation is 3. The fourth-order valence-corrected chi connectivity index (χ4v) is 4.05. The standard InChI is InChI=1S/C22H31N3O/c1-16-12-17(2)21(18(3)13-16)15-25-11-7-10-20(25)14-23-22(26)24-19-8-5-4-6-9-19/h7,10-13,19H,4-6,8-9,14-15H2,1-3H3,(H2,23,24,26). The second kappa shape index (κ2) is 8.43. The number of hydrogen-bond acceptors (Lipinski definition) is 1. The molecule has 1 saturated carbocycles. The molecular formula is C22H31N3O. The average Bonchev–Trinajstić information content (AvgIpc) is 3.04. The number of nitrogens with one attached hydrogen (secondary N) is 2. The van der Waals surface area contributed by atoms with Crippen LogP contribution in [-0.2, 0) is 13.1 Å². The molecule has 1 aromatic carbocycles. The zero-order chi connectivity index (χ0) is 18.5. The predicted molar refractivity (Wildman–Crippen MR) is 106 cm³/mol. The molecule has 140 valence electrons. The third-order valence-corrected chi connectivity index (χ3v) is 5.46. The van der Waals surface area contributed by atoms with Gasteiger partial charge in [0.15, 0.2) is 0 Å². The molecule has 1 fully saturated rings. The van der Waals surface area contributed by atoms with Gasteiger partial charge in [0.2, 0.25) is 0 Å². The minimum atomic E-state index is -0.0488. The van der Waals surface area contributed by atoms with Crippen molar-refractivity contribution in [2.24, 2.45) is 0 Å². The van der Waals surface area contributed by atoms with E-state index in [1.807, 2.05) is 0 Å². The fraction of sp³-hybridized carbons (Fsp3) is 0.500. The molecule has 1 aliphatic carbocycles. The van der Waals surface area contributed by atoms with E-state index < -0.39 is 0 Å². The Morgan fingerprint density at radius 2 is 1.81 bits per heavy atom. The van der Waals surface area contributed by atoms with Crippen molar-refractivity contribution >= 4 is 6.03 Å². The summed E-state index contributed by atoms with van der Waals surface area (Å²) >= 11 is 0. The number of urea groups is 1. The van der Waals surface area contributed by atoms with Crippen LogP contribution in [0.1, 0.15) is 60.1 Å². The van der Waals surface area contributed by atoms with Gasteiger partial charge in [-0.1, -0.05) is 37.0 Å². The minimum absolute atomic E-state index is 0.0488. The highest BCUT2D eigenvalue weighted by atomic mass is 16.2. The maximum Gasteiger partial charge on any atom is 0.315 e. The van der Waals surface area contributed by atoms with E-state index in [1.165, 1.54) is 41.5 Å². The molecule has 1 aromatic heterocycles. The lowest BCUT2D eigenvalue weighted by molar-refractivity contribution is 0.232. The van der Waals surface area contributed by atoms with Gasteiger partial charge in [-0.15, -0.1) is 0 Å². The summed E-state index contributed by atoms with van der Waals surface area (Å²) in [5, 5.41) is 6.14. The second-order valence-electron chi connectivity index (χ2n) is 7.67. The van der Waals surface area contributed by atoms with Crippen LogP contribution in [0.15, 0.2) is 30.5 Å². The van der Waals surface area contributed by atoms with Crippen molar-refractivity contribution in [1.29, 1.82) is 0 Å². The van der Waals surface area contributed by atoms with Gasteiger partial charge in [-0.05, 0) is 62.4 Å². The molecule has 3 rings (SSSR count). The fourth-order valence-electron chi connectivity index (χ4n) is 4.05. The van der Waals surface area contributed by atoms with Crippen LogP contribution in [0, 0.1) is 20.8 Å². The molecule has 0 unspecified atom stereocenters.